The third kappa shape index (κ3) is 2.59. The van der Waals surface area contributed by atoms with E-state index < -0.39 is 0 Å². The number of carbonyl (C=O) groups excluding carboxylic acids is 1. The summed E-state index contributed by atoms with van der Waals surface area (Å²) in [5, 5.41) is 5.06. The van der Waals surface area contributed by atoms with Crippen LogP contribution in [0.3, 0.4) is 0 Å². The lowest BCUT2D eigenvalue weighted by atomic mass is 10.1. The molecule has 19 heavy (non-hydrogen) atoms. The van der Waals surface area contributed by atoms with Gasteiger partial charge in [-0.3, -0.25) is 9.78 Å². The summed E-state index contributed by atoms with van der Waals surface area (Å²) in [5.74, 6) is 0.00854. The summed E-state index contributed by atoms with van der Waals surface area (Å²) in [5.41, 5.74) is 7.53. The molecule has 0 aliphatic rings. The molecule has 5 heteroatoms. The Labute approximate surface area is 112 Å². The molecule has 2 rings (SSSR count). The van der Waals surface area contributed by atoms with E-state index in [-0.39, 0.29) is 11.9 Å². The maximum Gasteiger partial charge on any atom is 0.244 e. The summed E-state index contributed by atoms with van der Waals surface area (Å²) in [6, 6.07) is 5.36. The number of benzene rings is 1. The Morgan fingerprint density at radius 2 is 2.11 bits per heavy atom. The lowest BCUT2D eigenvalue weighted by molar-refractivity contribution is -0.129. The summed E-state index contributed by atoms with van der Waals surface area (Å²) in [6.07, 6.45) is 3.47. The second-order valence-corrected chi connectivity index (χ2v) is 4.72. The molecule has 0 bridgehead atoms. The van der Waals surface area contributed by atoms with E-state index in [0.717, 1.165) is 16.5 Å². The number of amides is 1. The predicted molar refractivity (Wildman–Crippen MR) is 77.9 cm³/mol. The van der Waals surface area contributed by atoms with Gasteiger partial charge in [-0.05, 0) is 19.1 Å². The SMILES string of the molecule is CC(Nc1ccc2cnccc2c1N)C(=O)N(C)C. The third-order valence-corrected chi connectivity index (χ3v) is 3.05. The molecule has 0 fully saturated rings. The van der Waals surface area contributed by atoms with Crippen LogP contribution in [0.5, 0.6) is 0 Å². The van der Waals surface area contributed by atoms with Crippen LogP contribution in [0.2, 0.25) is 0 Å². The van der Waals surface area contributed by atoms with Gasteiger partial charge in [0, 0.05) is 37.3 Å². The number of nitrogens with one attached hydrogen (secondary N) is 1. The molecule has 5 nitrogen and oxygen atoms in total. The van der Waals surface area contributed by atoms with Crippen LogP contribution in [-0.2, 0) is 4.79 Å². The van der Waals surface area contributed by atoms with Gasteiger partial charge in [0.2, 0.25) is 5.91 Å². The number of hydrogen-bond donors (Lipinski definition) is 2. The van der Waals surface area contributed by atoms with Gasteiger partial charge in [-0.15, -0.1) is 0 Å². The average Bonchev–Trinajstić information content (AvgIpc) is 2.41. The highest BCUT2D eigenvalue weighted by atomic mass is 16.2. The predicted octanol–water partition coefficient (Wildman–Crippen LogP) is 1.71. The highest BCUT2D eigenvalue weighted by Gasteiger charge is 2.15. The number of aromatic nitrogens is 1. The Morgan fingerprint density at radius 1 is 1.37 bits per heavy atom. The molecule has 2 aromatic rings. The topological polar surface area (TPSA) is 71.2 Å². The van der Waals surface area contributed by atoms with Gasteiger partial charge in [0.15, 0.2) is 0 Å². The van der Waals surface area contributed by atoms with Crippen molar-refractivity contribution >= 4 is 28.1 Å². The number of hydrogen-bond acceptors (Lipinski definition) is 4. The van der Waals surface area contributed by atoms with E-state index in [4.69, 9.17) is 5.73 Å². The number of likely N-dealkylation sites (N-methyl/N-ethyl adjacent to an activating group) is 1. The van der Waals surface area contributed by atoms with Crippen LogP contribution in [-0.4, -0.2) is 35.9 Å². The zero-order chi connectivity index (χ0) is 14.0. The van der Waals surface area contributed by atoms with E-state index in [1.54, 1.807) is 31.4 Å². The molecule has 3 N–H and O–H groups in total. The van der Waals surface area contributed by atoms with Crippen molar-refractivity contribution in [2.75, 3.05) is 25.1 Å². The van der Waals surface area contributed by atoms with Gasteiger partial charge in [0.25, 0.3) is 0 Å². The van der Waals surface area contributed by atoms with Crippen LogP contribution in [0.25, 0.3) is 10.8 Å². The first-order valence-corrected chi connectivity index (χ1v) is 6.10. The highest BCUT2D eigenvalue weighted by molar-refractivity contribution is 5.99. The fourth-order valence-electron chi connectivity index (χ4n) is 2.00. The smallest absolute Gasteiger partial charge is 0.244 e. The molecule has 1 aromatic heterocycles. The number of fused-ring (bicyclic) bond motifs is 1. The van der Waals surface area contributed by atoms with Crippen molar-refractivity contribution in [3.8, 4) is 0 Å². The van der Waals surface area contributed by atoms with Crippen molar-refractivity contribution in [1.82, 2.24) is 9.88 Å². The number of pyridine rings is 1. The normalized spacial score (nSPS) is 12.2. The second kappa shape index (κ2) is 5.14. The molecule has 1 amide bonds. The minimum absolute atomic E-state index is 0.00854. The van der Waals surface area contributed by atoms with E-state index in [1.165, 1.54) is 0 Å². The van der Waals surface area contributed by atoms with Gasteiger partial charge in [-0.1, -0.05) is 6.07 Å². The van der Waals surface area contributed by atoms with E-state index in [2.05, 4.69) is 10.3 Å². The number of rotatable bonds is 3. The van der Waals surface area contributed by atoms with Crippen molar-refractivity contribution < 1.29 is 4.79 Å². The first-order valence-electron chi connectivity index (χ1n) is 6.10. The molecule has 0 radical (unpaired) electrons. The van der Waals surface area contributed by atoms with Crippen molar-refractivity contribution in [3.63, 3.8) is 0 Å². The fourth-order valence-corrected chi connectivity index (χ4v) is 2.00. The monoisotopic (exact) mass is 258 g/mol. The number of nitrogen functional groups attached to an aromatic ring is 1. The Hall–Kier alpha value is -2.30. The van der Waals surface area contributed by atoms with Gasteiger partial charge in [0.1, 0.15) is 6.04 Å². The summed E-state index contributed by atoms with van der Waals surface area (Å²) in [4.78, 5) is 17.4. The number of carbonyl (C=O) groups is 1. The van der Waals surface area contributed by atoms with E-state index in [9.17, 15) is 4.79 Å². The Balaban J connectivity index is 2.31. The molecular formula is C14H18N4O. The Kier molecular flexibility index (Phi) is 3.55. The van der Waals surface area contributed by atoms with Crippen LogP contribution >= 0.6 is 0 Å². The van der Waals surface area contributed by atoms with E-state index in [0.29, 0.717) is 5.69 Å². The molecule has 0 spiro atoms. The number of anilines is 2. The van der Waals surface area contributed by atoms with Gasteiger partial charge in [0.05, 0.1) is 11.4 Å². The van der Waals surface area contributed by atoms with Crippen molar-refractivity contribution in [1.29, 1.82) is 0 Å². The quantitative estimate of drug-likeness (QED) is 0.822. The lowest BCUT2D eigenvalue weighted by Gasteiger charge is -2.20. The average molecular weight is 258 g/mol. The zero-order valence-electron chi connectivity index (χ0n) is 11.3. The van der Waals surface area contributed by atoms with Crippen molar-refractivity contribution in [3.05, 3.63) is 30.6 Å². The molecule has 1 atom stereocenters. The second-order valence-electron chi connectivity index (χ2n) is 4.72. The van der Waals surface area contributed by atoms with Gasteiger partial charge in [-0.25, -0.2) is 0 Å². The van der Waals surface area contributed by atoms with Crippen molar-refractivity contribution in [2.24, 2.45) is 0 Å². The molecule has 0 saturated carbocycles. The maximum atomic E-state index is 11.8. The summed E-state index contributed by atoms with van der Waals surface area (Å²) in [6.45, 7) is 1.82. The Bertz CT molecular complexity index is 609. The summed E-state index contributed by atoms with van der Waals surface area (Å²) >= 11 is 0. The van der Waals surface area contributed by atoms with Crippen molar-refractivity contribution in [2.45, 2.75) is 13.0 Å². The molecule has 1 unspecified atom stereocenters. The first-order chi connectivity index (χ1) is 9.00. The number of nitrogens with zero attached hydrogens (tertiary/aromatic N) is 2. The van der Waals surface area contributed by atoms with Gasteiger partial charge in [-0.2, -0.15) is 0 Å². The highest BCUT2D eigenvalue weighted by Crippen LogP contribution is 2.28. The summed E-state index contributed by atoms with van der Waals surface area (Å²) in [7, 11) is 3.46. The third-order valence-electron chi connectivity index (χ3n) is 3.05. The molecule has 0 aliphatic heterocycles. The van der Waals surface area contributed by atoms with Crippen LogP contribution < -0.4 is 11.1 Å². The maximum absolute atomic E-state index is 11.8. The van der Waals surface area contributed by atoms with Gasteiger partial charge >= 0.3 is 0 Å². The minimum Gasteiger partial charge on any atom is -0.397 e. The Morgan fingerprint density at radius 3 is 2.79 bits per heavy atom. The summed E-state index contributed by atoms with van der Waals surface area (Å²) < 4.78 is 0. The van der Waals surface area contributed by atoms with Gasteiger partial charge < -0.3 is 16.0 Å². The first kappa shape index (κ1) is 13.1. The largest absolute Gasteiger partial charge is 0.397 e. The lowest BCUT2D eigenvalue weighted by Crippen LogP contribution is -2.36. The van der Waals surface area contributed by atoms with Crippen LogP contribution in [0.1, 0.15) is 6.92 Å². The molecule has 0 aliphatic carbocycles. The molecule has 1 heterocycles. The van der Waals surface area contributed by atoms with E-state index >= 15 is 0 Å². The molecule has 0 saturated heterocycles. The zero-order valence-corrected chi connectivity index (χ0v) is 11.3. The number of nitrogens with two attached hydrogens (primary N) is 1. The molecule has 1 aromatic carbocycles. The van der Waals surface area contributed by atoms with Crippen LogP contribution in [0, 0.1) is 0 Å². The molecular weight excluding hydrogens is 240 g/mol. The standard InChI is InChI=1S/C14H18N4O/c1-9(14(19)18(2)3)17-12-5-4-10-8-16-7-6-11(10)13(12)15/h4-9,17H,15H2,1-3H3. The van der Waals surface area contributed by atoms with Crippen LogP contribution in [0.15, 0.2) is 30.6 Å². The van der Waals surface area contributed by atoms with Crippen LogP contribution in [0.4, 0.5) is 11.4 Å². The minimum atomic E-state index is -0.323. The molecule has 100 valence electrons. The fraction of sp³-hybridized carbons (Fsp3) is 0.286. The van der Waals surface area contributed by atoms with E-state index in [1.807, 2.05) is 25.1 Å².